The van der Waals surface area contributed by atoms with E-state index in [1.807, 2.05) is 4.90 Å². The molecule has 2 fully saturated rings. The van der Waals surface area contributed by atoms with Gasteiger partial charge in [-0.1, -0.05) is 0 Å². The van der Waals surface area contributed by atoms with Crippen LogP contribution in [-0.2, 0) is 14.6 Å². The van der Waals surface area contributed by atoms with Crippen LogP contribution in [0.15, 0.2) is 0 Å². The van der Waals surface area contributed by atoms with Gasteiger partial charge in [0.2, 0.25) is 0 Å². The molecule has 1 saturated heterocycles. The second-order valence-electron chi connectivity index (χ2n) is 4.35. The monoisotopic (exact) mass is 233 g/mol. The third-order valence-electron chi connectivity index (χ3n) is 3.01. The van der Waals surface area contributed by atoms with Crippen molar-refractivity contribution in [3.05, 3.63) is 0 Å². The van der Waals surface area contributed by atoms with Gasteiger partial charge in [-0.3, -0.25) is 9.69 Å². The van der Waals surface area contributed by atoms with Crippen molar-refractivity contribution in [3.8, 4) is 0 Å². The normalized spacial score (nSPS) is 29.5. The van der Waals surface area contributed by atoms with Crippen LogP contribution in [0.1, 0.15) is 19.3 Å². The summed E-state index contributed by atoms with van der Waals surface area (Å²) in [6, 6.07) is 0.234. The van der Waals surface area contributed by atoms with Crippen LogP contribution in [0.3, 0.4) is 0 Å². The van der Waals surface area contributed by atoms with Crippen LogP contribution in [0, 0.1) is 0 Å². The Bertz CT molecular complexity index is 360. The molecular weight excluding hydrogens is 218 g/mol. The minimum Gasteiger partial charge on any atom is -0.480 e. The fourth-order valence-electron chi connectivity index (χ4n) is 2.16. The average Bonchev–Trinajstić information content (AvgIpc) is 2.87. The second-order valence-corrected chi connectivity index (χ2v) is 6.58. The number of rotatable bonds is 4. The molecule has 1 aliphatic carbocycles. The molecule has 0 amide bonds. The molecule has 1 N–H and O–H groups in total. The number of aliphatic carboxylic acids is 1. The number of hydrogen-bond acceptors (Lipinski definition) is 4. The SMILES string of the molecule is O=C(O)CN(C1CC1)[C@H]1CCS(=O)(=O)C1. The molecule has 1 heterocycles. The van der Waals surface area contributed by atoms with E-state index in [0.717, 1.165) is 12.8 Å². The first kappa shape index (κ1) is 10.9. The van der Waals surface area contributed by atoms with Gasteiger partial charge < -0.3 is 5.11 Å². The number of hydrogen-bond donors (Lipinski definition) is 1. The highest BCUT2D eigenvalue weighted by Gasteiger charge is 2.40. The van der Waals surface area contributed by atoms with Gasteiger partial charge in [-0.25, -0.2) is 8.42 Å². The van der Waals surface area contributed by atoms with Crippen molar-refractivity contribution in [1.29, 1.82) is 0 Å². The van der Waals surface area contributed by atoms with Gasteiger partial charge in [0.1, 0.15) is 0 Å². The molecule has 2 rings (SSSR count). The molecule has 0 aromatic heterocycles. The number of carboxylic acids is 1. The lowest BCUT2D eigenvalue weighted by Crippen LogP contribution is -2.41. The molecule has 2 aliphatic rings. The summed E-state index contributed by atoms with van der Waals surface area (Å²) in [6.45, 7) is -0.0230. The summed E-state index contributed by atoms with van der Waals surface area (Å²) in [5.74, 6) is -0.525. The predicted molar refractivity (Wildman–Crippen MR) is 54.4 cm³/mol. The van der Waals surface area contributed by atoms with Gasteiger partial charge in [-0.05, 0) is 19.3 Å². The summed E-state index contributed by atoms with van der Waals surface area (Å²) in [6.07, 6.45) is 2.60. The first-order valence-corrected chi connectivity index (χ1v) is 6.98. The molecule has 0 spiro atoms. The smallest absolute Gasteiger partial charge is 0.317 e. The van der Waals surface area contributed by atoms with Gasteiger partial charge in [-0.15, -0.1) is 0 Å². The maximum atomic E-state index is 11.3. The Kier molecular flexibility index (Phi) is 2.72. The maximum Gasteiger partial charge on any atom is 0.317 e. The topological polar surface area (TPSA) is 74.7 Å². The quantitative estimate of drug-likeness (QED) is 0.723. The fraction of sp³-hybridized carbons (Fsp3) is 0.889. The van der Waals surface area contributed by atoms with Crippen LogP contribution in [0.25, 0.3) is 0 Å². The van der Waals surface area contributed by atoms with Crippen molar-refractivity contribution in [2.75, 3.05) is 18.1 Å². The fourth-order valence-corrected chi connectivity index (χ4v) is 3.90. The molecule has 15 heavy (non-hydrogen) atoms. The first-order chi connectivity index (χ1) is 6.98. The minimum absolute atomic E-state index is 0.0230. The second kappa shape index (κ2) is 3.75. The molecule has 1 atom stereocenters. The van der Waals surface area contributed by atoms with Crippen LogP contribution < -0.4 is 0 Å². The van der Waals surface area contributed by atoms with Crippen LogP contribution in [-0.4, -0.2) is 54.5 Å². The maximum absolute atomic E-state index is 11.3. The largest absolute Gasteiger partial charge is 0.480 e. The van der Waals surface area contributed by atoms with Crippen LogP contribution in [0.4, 0.5) is 0 Å². The Morgan fingerprint density at radius 3 is 2.33 bits per heavy atom. The summed E-state index contributed by atoms with van der Waals surface area (Å²) < 4.78 is 22.6. The van der Waals surface area contributed by atoms with Crippen molar-refractivity contribution in [1.82, 2.24) is 4.90 Å². The Morgan fingerprint density at radius 2 is 1.93 bits per heavy atom. The number of nitrogens with zero attached hydrogens (tertiary/aromatic N) is 1. The van der Waals surface area contributed by atoms with E-state index in [1.54, 1.807) is 0 Å². The Labute approximate surface area is 89.0 Å². The highest BCUT2D eigenvalue weighted by Crippen LogP contribution is 2.31. The molecule has 0 radical (unpaired) electrons. The van der Waals surface area contributed by atoms with Crippen molar-refractivity contribution >= 4 is 15.8 Å². The van der Waals surface area contributed by atoms with Gasteiger partial charge >= 0.3 is 5.97 Å². The molecule has 6 heteroatoms. The van der Waals surface area contributed by atoms with Gasteiger partial charge in [-0.2, -0.15) is 0 Å². The van der Waals surface area contributed by atoms with E-state index in [0.29, 0.717) is 12.5 Å². The average molecular weight is 233 g/mol. The third-order valence-corrected chi connectivity index (χ3v) is 4.76. The Hall–Kier alpha value is -0.620. The van der Waals surface area contributed by atoms with Crippen LogP contribution >= 0.6 is 0 Å². The van der Waals surface area contributed by atoms with Crippen molar-refractivity contribution in [2.45, 2.75) is 31.3 Å². The van der Waals surface area contributed by atoms with Crippen molar-refractivity contribution in [2.24, 2.45) is 0 Å². The van der Waals surface area contributed by atoms with E-state index in [4.69, 9.17) is 5.11 Å². The molecule has 86 valence electrons. The van der Waals surface area contributed by atoms with Gasteiger partial charge in [0.25, 0.3) is 0 Å². The predicted octanol–water partition coefficient (Wildman–Crippen LogP) is -0.277. The van der Waals surface area contributed by atoms with Crippen LogP contribution in [0.5, 0.6) is 0 Å². The summed E-state index contributed by atoms with van der Waals surface area (Å²) in [7, 11) is -2.92. The lowest BCUT2D eigenvalue weighted by molar-refractivity contribution is -0.139. The van der Waals surface area contributed by atoms with Gasteiger partial charge in [0.05, 0.1) is 18.1 Å². The summed E-state index contributed by atoms with van der Waals surface area (Å²) in [5.41, 5.74) is 0. The zero-order valence-corrected chi connectivity index (χ0v) is 9.24. The van der Waals surface area contributed by atoms with Gasteiger partial charge in [0.15, 0.2) is 9.84 Å². The van der Waals surface area contributed by atoms with Crippen LogP contribution in [0.2, 0.25) is 0 Å². The van der Waals surface area contributed by atoms with E-state index in [1.165, 1.54) is 0 Å². The number of carbonyl (C=O) groups is 1. The molecule has 0 aromatic carbocycles. The van der Waals surface area contributed by atoms with E-state index in [-0.39, 0.29) is 24.1 Å². The Morgan fingerprint density at radius 1 is 1.27 bits per heavy atom. The summed E-state index contributed by atoms with van der Waals surface area (Å²) in [4.78, 5) is 12.5. The minimum atomic E-state index is -2.92. The molecular formula is C9H15NO4S. The molecule has 5 nitrogen and oxygen atoms in total. The van der Waals surface area contributed by atoms with Crippen molar-refractivity contribution < 1.29 is 18.3 Å². The zero-order valence-electron chi connectivity index (χ0n) is 8.42. The lowest BCUT2D eigenvalue weighted by Gasteiger charge is -2.25. The highest BCUT2D eigenvalue weighted by molar-refractivity contribution is 7.91. The highest BCUT2D eigenvalue weighted by atomic mass is 32.2. The standard InChI is InChI=1S/C9H15NO4S/c11-9(12)5-10(7-1-2-7)8-3-4-15(13,14)6-8/h7-8H,1-6H2,(H,11,12)/t8-/m0/s1. The molecule has 1 aliphatic heterocycles. The number of sulfone groups is 1. The number of carboxylic acid groups (broad SMARTS) is 1. The van der Waals surface area contributed by atoms with E-state index in [9.17, 15) is 13.2 Å². The van der Waals surface area contributed by atoms with E-state index in [2.05, 4.69) is 0 Å². The summed E-state index contributed by atoms with van der Waals surface area (Å²) >= 11 is 0. The molecule has 1 saturated carbocycles. The summed E-state index contributed by atoms with van der Waals surface area (Å²) in [5, 5.41) is 8.76. The van der Waals surface area contributed by atoms with E-state index >= 15 is 0 Å². The molecule has 0 aromatic rings. The first-order valence-electron chi connectivity index (χ1n) is 5.16. The van der Waals surface area contributed by atoms with Gasteiger partial charge in [0, 0.05) is 12.1 Å². The van der Waals surface area contributed by atoms with E-state index < -0.39 is 15.8 Å². The Balaban J connectivity index is 2.02. The van der Waals surface area contributed by atoms with Crippen molar-refractivity contribution in [3.63, 3.8) is 0 Å². The molecule has 0 unspecified atom stereocenters. The zero-order chi connectivity index (χ0) is 11.1. The molecule has 0 bridgehead atoms. The third kappa shape index (κ3) is 2.69. The lowest BCUT2D eigenvalue weighted by atomic mass is 10.2.